The summed E-state index contributed by atoms with van der Waals surface area (Å²) in [4.78, 5) is 11.8. The summed E-state index contributed by atoms with van der Waals surface area (Å²) in [6, 6.07) is 4.22. The van der Waals surface area contributed by atoms with Crippen molar-refractivity contribution in [2.75, 3.05) is 13.1 Å². The average molecular weight is 248 g/mol. The van der Waals surface area contributed by atoms with Gasteiger partial charge in [0.25, 0.3) is 0 Å². The zero-order valence-electron chi connectivity index (χ0n) is 11.2. The average Bonchev–Trinajstić information content (AvgIpc) is 2.76. The van der Waals surface area contributed by atoms with Crippen LogP contribution in [0, 0.1) is 20.8 Å². The van der Waals surface area contributed by atoms with Crippen molar-refractivity contribution in [2.45, 2.75) is 33.2 Å². The van der Waals surface area contributed by atoms with Crippen LogP contribution in [0.15, 0.2) is 12.1 Å². The van der Waals surface area contributed by atoms with E-state index in [0.717, 1.165) is 30.6 Å². The highest BCUT2D eigenvalue weighted by molar-refractivity contribution is 5.72. The Kier molecular flexibility index (Phi) is 3.87. The van der Waals surface area contributed by atoms with Gasteiger partial charge in [-0.3, -0.25) is 0 Å². The van der Waals surface area contributed by atoms with E-state index in [0.29, 0.717) is 5.75 Å². The van der Waals surface area contributed by atoms with E-state index in [-0.39, 0.29) is 12.1 Å². The summed E-state index contributed by atoms with van der Waals surface area (Å²) in [6.45, 7) is 7.72. The summed E-state index contributed by atoms with van der Waals surface area (Å²) in [7, 11) is 0. The van der Waals surface area contributed by atoms with Gasteiger partial charge in [0.2, 0.25) is 0 Å². The molecule has 1 saturated heterocycles. The van der Waals surface area contributed by atoms with Crippen LogP contribution in [0.4, 0.5) is 4.79 Å². The van der Waals surface area contributed by atoms with Crippen molar-refractivity contribution in [3.05, 3.63) is 28.8 Å². The molecule has 0 bridgehead atoms. The van der Waals surface area contributed by atoms with Gasteiger partial charge in [-0.2, -0.15) is 0 Å². The van der Waals surface area contributed by atoms with E-state index in [4.69, 9.17) is 4.74 Å². The molecule has 1 aromatic carbocycles. The summed E-state index contributed by atoms with van der Waals surface area (Å²) < 4.78 is 5.42. The summed E-state index contributed by atoms with van der Waals surface area (Å²) in [5.74, 6) is 0.670. The van der Waals surface area contributed by atoms with E-state index in [1.807, 2.05) is 32.9 Å². The van der Waals surface area contributed by atoms with Gasteiger partial charge in [0.05, 0.1) is 0 Å². The number of aryl methyl sites for hydroxylation is 3. The number of benzene rings is 1. The van der Waals surface area contributed by atoms with Gasteiger partial charge < -0.3 is 15.4 Å². The minimum absolute atomic E-state index is 0.184. The summed E-state index contributed by atoms with van der Waals surface area (Å²) >= 11 is 0. The minimum atomic E-state index is -0.362. The molecule has 1 atom stereocenters. The Morgan fingerprint density at radius 3 is 2.56 bits per heavy atom. The Hall–Kier alpha value is -1.55. The van der Waals surface area contributed by atoms with Gasteiger partial charge in [-0.15, -0.1) is 0 Å². The molecule has 2 rings (SSSR count). The quantitative estimate of drug-likeness (QED) is 0.842. The topological polar surface area (TPSA) is 50.4 Å². The van der Waals surface area contributed by atoms with Gasteiger partial charge in [-0.05, 0) is 44.9 Å². The summed E-state index contributed by atoms with van der Waals surface area (Å²) in [5.41, 5.74) is 3.16. The number of carbonyl (C=O) groups is 1. The minimum Gasteiger partial charge on any atom is -0.410 e. The fourth-order valence-corrected chi connectivity index (χ4v) is 2.39. The second-order valence-corrected chi connectivity index (χ2v) is 4.95. The molecule has 0 radical (unpaired) electrons. The second-order valence-electron chi connectivity index (χ2n) is 4.95. The van der Waals surface area contributed by atoms with Crippen molar-refractivity contribution < 1.29 is 9.53 Å². The first-order valence-corrected chi connectivity index (χ1v) is 6.33. The van der Waals surface area contributed by atoms with Crippen molar-refractivity contribution in [2.24, 2.45) is 0 Å². The van der Waals surface area contributed by atoms with Crippen molar-refractivity contribution in [1.82, 2.24) is 10.6 Å². The SMILES string of the molecule is Cc1cc(C)c(OC(=O)NC2CCNC2)c(C)c1. The molecule has 1 aromatic rings. The Balaban J connectivity index is 2.02. The molecule has 2 N–H and O–H groups in total. The molecular formula is C14H20N2O2. The summed E-state index contributed by atoms with van der Waals surface area (Å²) in [6.07, 6.45) is 0.597. The molecule has 18 heavy (non-hydrogen) atoms. The molecule has 1 fully saturated rings. The number of hydrogen-bond acceptors (Lipinski definition) is 3. The predicted molar refractivity (Wildman–Crippen MR) is 71.1 cm³/mol. The van der Waals surface area contributed by atoms with Crippen molar-refractivity contribution in [1.29, 1.82) is 0 Å². The van der Waals surface area contributed by atoms with Gasteiger partial charge in [0.1, 0.15) is 5.75 Å². The van der Waals surface area contributed by atoms with Crippen LogP contribution >= 0.6 is 0 Å². The molecule has 0 saturated carbocycles. The maximum absolute atomic E-state index is 11.8. The molecule has 1 aliphatic heterocycles. The monoisotopic (exact) mass is 248 g/mol. The number of carbonyl (C=O) groups excluding carboxylic acids is 1. The van der Waals surface area contributed by atoms with Gasteiger partial charge >= 0.3 is 6.09 Å². The number of rotatable bonds is 2. The molecule has 1 amide bonds. The first-order valence-electron chi connectivity index (χ1n) is 6.33. The van der Waals surface area contributed by atoms with Crippen molar-refractivity contribution in [3.8, 4) is 5.75 Å². The smallest absolute Gasteiger partial charge is 0.410 e. The standard InChI is InChI=1S/C14H20N2O2/c1-9-6-10(2)13(11(3)7-9)18-14(17)16-12-4-5-15-8-12/h6-7,12,15H,4-5,8H2,1-3H3,(H,16,17). The number of nitrogens with one attached hydrogen (secondary N) is 2. The van der Waals surface area contributed by atoms with Gasteiger partial charge in [0, 0.05) is 12.6 Å². The van der Waals surface area contributed by atoms with Crippen molar-refractivity contribution in [3.63, 3.8) is 0 Å². The van der Waals surface area contributed by atoms with Crippen LogP contribution in [0.25, 0.3) is 0 Å². The molecule has 0 aliphatic carbocycles. The highest BCUT2D eigenvalue weighted by atomic mass is 16.6. The highest BCUT2D eigenvalue weighted by Gasteiger charge is 2.18. The van der Waals surface area contributed by atoms with E-state index < -0.39 is 0 Å². The highest BCUT2D eigenvalue weighted by Crippen LogP contribution is 2.24. The lowest BCUT2D eigenvalue weighted by molar-refractivity contribution is 0.196. The maximum Gasteiger partial charge on any atom is 0.412 e. The number of amides is 1. The third-order valence-electron chi connectivity index (χ3n) is 3.18. The lowest BCUT2D eigenvalue weighted by Gasteiger charge is -2.14. The van der Waals surface area contributed by atoms with E-state index in [9.17, 15) is 4.79 Å². The molecule has 4 nitrogen and oxygen atoms in total. The first kappa shape index (κ1) is 12.9. The van der Waals surface area contributed by atoms with Crippen molar-refractivity contribution >= 4 is 6.09 Å². The molecule has 1 heterocycles. The molecule has 1 aliphatic rings. The maximum atomic E-state index is 11.8. The normalized spacial score (nSPS) is 18.7. The van der Waals surface area contributed by atoms with Crippen LogP contribution in [0.3, 0.4) is 0 Å². The number of ether oxygens (including phenoxy) is 1. The van der Waals surface area contributed by atoms with Crippen LogP contribution in [-0.2, 0) is 0 Å². The predicted octanol–water partition coefficient (Wildman–Crippen LogP) is 2.06. The van der Waals surface area contributed by atoms with Crippen LogP contribution in [0.5, 0.6) is 5.75 Å². The number of hydrogen-bond donors (Lipinski definition) is 2. The van der Waals surface area contributed by atoms with Gasteiger partial charge in [-0.1, -0.05) is 17.7 Å². The third kappa shape index (κ3) is 3.01. The molecule has 4 heteroatoms. The van der Waals surface area contributed by atoms with Gasteiger partial charge in [0.15, 0.2) is 0 Å². The fraction of sp³-hybridized carbons (Fsp3) is 0.500. The third-order valence-corrected chi connectivity index (χ3v) is 3.18. The van der Waals surface area contributed by atoms with Gasteiger partial charge in [-0.25, -0.2) is 4.79 Å². The van der Waals surface area contributed by atoms with E-state index in [1.165, 1.54) is 5.56 Å². The fourth-order valence-electron chi connectivity index (χ4n) is 2.39. The Morgan fingerprint density at radius 1 is 1.33 bits per heavy atom. The molecule has 0 aromatic heterocycles. The molecule has 98 valence electrons. The van der Waals surface area contributed by atoms with Crippen LogP contribution in [0.2, 0.25) is 0 Å². The first-order chi connectivity index (χ1) is 8.56. The largest absolute Gasteiger partial charge is 0.412 e. The molecule has 0 spiro atoms. The zero-order chi connectivity index (χ0) is 13.1. The second kappa shape index (κ2) is 5.40. The van der Waals surface area contributed by atoms with E-state index >= 15 is 0 Å². The van der Waals surface area contributed by atoms with E-state index in [2.05, 4.69) is 10.6 Å². The Labute approximate surface area is 108 Å². The zero-order valence-corrected chi connectivity index (χ0v) is 11.2. The van der Waals surface area contributed by atoms with Crippen LogP contribution < -0.4 is 15.4 Å². The summed E-state index contributed by atoms with van der Waals surface area (Å²) in [5, 5.41) is 6.07. The molecular weight excluding hydrogens is 228 g/mol. The van der Waals surface area contributed by atoms with Crippen LogP contribution in [0.1, 0.15) is 23.1 Å². The lowest BCUT2D eigenvalue weighted by atomic mass is 10.1. The van der Waals surface area contributed by atoms with E-state index in [1.54, 1.807) is 0 Å². The Bertz CT molecular complexity index is 428. The van der Waals surface area contributed by atoms with Crippen LogP contribution in [-0.4, -0.2) is 25.2 Å². The Morgan fingerprint density at radius 2 is 2.00 bits per heavy atom. The lowest BCUT2D eigenvalue weighted by Crippen LogP contribution is -2.38. The molecule has 1 unspecified atom stereocenters.